The summed E-state index contributed by atoms with van der Waals surface area (Å²) in [5.74, 6) is 0.689. The van der Waals surface area contributed by atoms with Crippen molar-refractivity contribution in [2.24, 2.45) is 35.5 Å². The van der Waals surface area contributed by atoms with Crippen LogP contribution < -0.4 is 10.2 Å². The van der Waals surface area contributed by atoms with Crippen LogP contribution in [0.3, 0.4) is 0 Å². The number of halogens is 1. The molecular formula is C24H19ClN2O3. The van der Waals surface area contributed by atoms with Crippen LogP contribution in [0, 0.1) is 35.5 Å². The molecule has 150 valence electrons. The Balaban J connectivity index is 1.23. The monoisotopic (exact) mass is 418 g/mol. The standard InChI is InChI=1S/C24H19ClN2O3/c25-13-3-5-14(6-4-13)26-22(28)12-1-7-15(8-2-12)27-23(29)20-16-9-10-17(19-11-18(16)19)21(20)24(27)30/h1-10,16-21H,11H2,(H,26,28)/t16-,17-,18-,19+,20-,21+/m0/s1. The summed E-state index contributed by atoms with van der Waals surface area (Å²) in [6, 6.07) is 13.5. The first-order chi connectivity index (χ1) is 14.5. The molecular weight excluding hydrogens is 400 g/mol. The van der Waals surface area contributed by atoms with Crippen molar-refractivity contribution in [1.82, 2.24) is 0 Å². The summed E-state index contributed by atoms with van der Waals surface area (Å²) in [6.45, 7) is 0. The van der Waals surface area contributed by atoms with Gasteiger partial charge in [-0.25, -0.2) is 0 Å². The molecule has 2 aromatic carbocycles. The van der Waals surface area contributed by atoms with E-state index in [0.717, 1.165) is 6.42 Å². The fourth-order valence-corrected chi connectivity index (χ4v) is 5.84. The first-order valence-electron chi connectivity index (χ1n) is 10.3. The average Bonchev–Trinajstić information content (AvgIpc) is 3.53. The lowest BCUT2D eigenvalue weighted by atomic mass is 9.63. The highest BCUT2D eigenvalue weighted by atomic mass is 35.5. The zero-order valence-electron chi connectivity index (χ0n) is 16.0. The van der Waals surface area contributed by atoms with Gasteiger partial charge in [-0.05, 0) is 78.6 Å². The fraction of sp³-hybridized carbons (Fsp3) is 0.292. The normalized spacial score (nSPS) is 32.8. The van der Waals surface area contributed by atoms with Crippen LogP contribution in [0.5, 0.6) is 0 Å². The smallest absolute Gasteiger partial charge is 0.255 e. The van der Waals surface area contributed by atoms with Crippen LogP contribution in [0.4, 0.5) is 11.4 Å². The van der Waals surface area contributed by atoms with Gasteiger partial charge in [0.2, 0.25) is 11.8 Å². The van der Waals surface area contributed by atoms with Crippen molar-refractivity contribution in [2.45, 2.75) is 6.42 Å². The molecule has 6 atom stereocenters. The quantitative estimate of drug-likeness (QED) is 0.601. The number of rotatable bonds is 3. The van der Waals surface area contributed by atoms with E-state index in [9.17, 15) is 14.4 Å². The Morgan fingerprint density at radius 1 is 0.867 bits per heavy atom. The van der Waals surface area contributed by atoms with E-state index in [-0.39, 0.29) is 41.4 Å². The third-order valence-corrected chi connectivity index (χ3v) is 7.40. The molecule has 1 saturated heterocycles. The predicted molar refractivity (Wildman–Crippen MR) is 113 cm³/mol. The van der Waals surface area contributed by atoms with Crippen molar-refractivity contribution in [3.63, 3.8) is 0 Å². The molecule has 1 aliphatic heterocycles. The van der Waals surface area contributed by atoms with Crippen molar-refractivity contribution in [3.05, 3.63) is 71.3 Å². The summed E-state index contributed by atoms with van der Waals surface area (Å²) in [6.07, 6.45) is 5.48. The Labute approximate surface area is 178 Å². The van der Waals surface area contributed by atoms with Gasteiger partial charge in [0.1, 0.15) is 0 Å². The van der Waals surface area contributed by atoms with E-state index in [0.29, 0.717) is 33.8 Å². The maximum atomic E-state index is 13.2. The Morgan fingerprint density at radius 3 is 2.00 bits per heavy atom. The number of benzene rings is 2. The van der Waals surface area contributed by atoms with Crippen LogP contribution in [0.15, 0.2) is 60.7 Å². The number of hydrogen-bond acceptors (Lipinski definition) is 3. The minimum atomic E-state index is -0.265. The molecule has 0 unspecified atom stereocenters. The molecule has 0 aromatic heterocycles. The number of anilines is 2. The fourth-order valence-electron chi connectivity index (χ4n) is 5.71. The molecule has 1 N–H and O–H groups in total. The molecule has 5 aliphatic rings. The van der Waals surface area contributed by atoms with Gasteiger partial charge < -0.3 is 5.32 Å². The van der Waals surface area contributed by atoms with E-state index in [1.165, 1.54) is 4.90 Å². The van der Waals surface area contributed by atoms with E-state index in [2.05, 4.69) is 17.5 Å². The second-order valence-electron chi connectivity index (χ2n) is 8.67. The second-order valence-corrected chi connectivity index (χ2v) is 9.11. The number of carbonyl (C=O) groups is 3. The maximum Gasteiger partial charge on any atom is 0.255 e. The van der Waals surface area contributed by atoms with Gasteiger partial charge in [-0.2, -0.15) is 0 Å². The summed E-state index contributed by atoms with van der Waals surface area (Å²) < 4.78 is 0. The third kappa shape index (κ3) is 2.51. The van der Waals surface area contributed by atoms with E-state index >= 15 is 0 Å². The van der Waals surface area contributed by atoms with Crippen molar-refractivity contribution >= 4 is 40.7 Å². The minimum absolute atomic E-state index is 0.0898. The number of nitrogens with zero attached hydrogens (tertiary/aromatic N) is 1. The molecule has 5 nitrogen and oxygen atoms in total. The minimum Gasteiger partial charge on any atom is -0.322 e. The van der Waals surface area contributed by atoms with Crippen molar-refractivity contribution in [1.29, 1.82) is 0 Å². The van der Waals surface area contributed by atoms with Gasteiger partial charge >= 0.3 is 0 Å². The first kappa shape index (κ1) is 17.9. The molecule has 3 fully saturated rings. The van der Waals surface area contributed by atoms with Crippen LogP contribution in [0.2, 0.25) is 5.02 Å². The van der Waals surface area contributed by atoms with E-state index in [1.807, 2.05) is 0 Å². The molecule has 7 rings (SSSR count). The SMILES string of the molecule is O=C(Nc1ccc(Cl)cc1)c1ccc(N2C(=O)[C@@H]3[C@H]4C=C[C@@H]([C@@H]5C[C@H]45)[C@@H]3C2=O)cc1. The number of allylic oxidation sites excluding steroid dienone is 2. The van der Waals surface area contributed by atoms with Gasteiger partial charge in [0, 0.05) is 16.3 Å². The number of amides is 3. The topological polar surface area (TPSA) is 66.5 Å². The summed E-state index contributed by atoms with van der Waals surface area (Å²) in [5.41, 5.74) is 1.63. The highest BCUT2D eigenvalue weighted by Crippen LogP contribution is 2.65. The van der Waals surface area contributed by atoms with Crippen molar-refractivity contribution < 1.29 is 14.4 Å². The van der Waals surface area contributed by atoms with E-state index < -0.39 is 0 Å². The van der Waals surface area contributed by atoms with Crippen LogP contribution >= 0.6 is 11.6 Å². The second kappa shape index (κ2) is 6.29. The highest BCUT2D eigenvalue weighted by Gasteiger charge is 2.67. The number of imide groups is 1. The Bertz CT molecular complexity index is 1070. The molecule has 4 aliphatic carbocycles. The molecule has 3 amide bonds. The Kier molecular flexibility index (Phi) is 3.75. The van der Waals surface area contributed by atoms with Crippen LogP contribution in [-0.4, -0.2) is 17.7 Å². The number of carbonyl (C=O) groups excluding carboxylic acids is 3. The largest absolute Gasteiger partial charge is 0.322 e. The van der Waals surface area contributed by atoms with E-state index in [4.69, 9.17) is 11.6 Å². The van der Waals surface area contributed by atoms with Gasteiger partial charge in [0.25, 0.3) is 5.91 Å². The zero-order valence-corrected chi connectivity index (χ0v) is 16.8. The molecule has 6 heteroatoms. The van der Waals surface area contributed by atoms with Crippen molar-refractivity contribution in [2.75, 3.05) is 10.2 Å². The van der Waals surface area contributed by atoms with Crippen LogP contribution in [0.25, 0.3) is 0 Å². The Hall–Kier alpha value is -2.92. The van der Waals surface area contributed by atoms with Gasteiger partial charge in [-0.15, -0.1) is 0 Å². The predicted octanol–water partition coefficient (Wildman–Crippen LogP) is 4.15. The third-order valence-electron chi connectivity index (χ3n) is 7.15. The zero-order chi connectivity index (χ0) is 20.6. The lowest BCUT2D eigenvalue weighted by molar-refractivity contribution is -0.124. The lowest BCUT2D eigenvalue weighted by Crippen LogP contribution is -2.40. The molecule has 0 radical (unpaired) electrons. The molecule has 0 spiro atoms. The van der Waals surface area contributed by atoms with Crippen LogP contribution in [-0.2, 0) is 9.59 Å². The molecule has 1 heterocycles. The average molecular weight is 419 g/mol. The van der Waals surface area contributed by atoms with Gasteiger partial charge in [-0.1, -0.05) is 23.8 Å². The lowest BCUT2D eigenvalue weighted by Gasteiger charge is -2.37. The van der Waals surface area contributed by atoms with Gasteiger partial charge in [0.15, 0.2) is 0 Å². The molecule has 2 bridgehead atoms. The summed E-state index contributed by atoms with van der Waals surface area (Å²) >= 11 is 5.87. The van der Waals surface area contributed by atoms with Crippen LogP contribution in [0.1, 0.15) is 16.8 Å². The van der Waals surface area contributed by atoms with Crippen molar-refractivity contribution in [3.8, 4) is 0 Å². The highest BCUT2D eigenvalue weighted by molar-refractivity contribution is 6.30. The maximum absolute atomic E-state index is 13.2. The van der Waals surface area contributed by atoms with Gasteiger partial charge in [-0.3, -0.25) is 19.3 Å². The Morgan fingerprint density at radius 2 is 1.43 bits per heavy atom. The first-order valence-corrected chi connectivity index (χ1v) is 10.6. The van der Waals surface area contributed by atoms with Gasteiger partial charge in [0.05, 0.1) is 17.5 Å². The summed E-state index contributed by atoms with van der Waals surface area (Å²) in [5, 5.41) is 3.40. The molecule has 2 aromatic rings. The number of nitrogens with one attached hydrogen (secondary N) is 1. The molecule has 30 heavy (non-hydrogen) atoms. The summed E-state index contributed by atoms with van der Waals surface area (Å²) in [4.78, 5) is 40.2. The molecule has 2 saturated carbocycles. The van der Waals surface area contributed by atoms with E-state index in [1.54, 1.807) is 48.5 Å². The number of hydrogen-bond donors (Lipinski definition) is 1. The summed E-state index contributed by atoms with van der Waals surface area (Å²) in [7, 11) is 0.